The number of anilines is 2. The van der Waals surface area contributed by atoms with Crippen LogP contribution in [0.3, 0.4) is 0 Å². The summed E-state index contributed by atoms with van der Waals surface area (Å²) in [6, 6.07) is 21.9. The maximum absolute atomic E-state index is 13.8. The van der Waals surface area contributed by atoms with Crippen LogP contribution >= 0.6 is 23.1 Å². The lowest BCUT2D eigenvalue weighted by atomic mass is 9.83. The van der Waals surface area contributed by atoms with Crippen molar-refractivity contribution in [2.45, 2.75) is 29.7 Å². The Bertz CT molecular complexity index is 1650. The highest BCUT2D eigenvalue weighted by Crippen LogP contribution is 2.53. The van der Waals surface area contributed by atoms with Gasteiger partial charge in [0, 0.05) is 16.5 Å². The van der Waals surface area contributed by atoms with Gasteiger partial charge in [0.2, 0.25) is 17.7 Å². The fraction of sp³-hybridized carbons (Fsp3) is 0.172. The third kappa shape index (κ3) is 4.49. The molecule has 0 aliphatic carbocycles. The van der Waals surface area contributed by atoms with E-state index in [0.29, 0.717) is 21.3 Å². The highest BCUT2D eigenvalue weighted by Gasteiger charge is 2.56. The van der Waals surface area contributed by atoms with Gasteiger partial charge in [0.05, 0.1) is 16.6 Å². The molecule has 0 saturated carbocycles. The van der Waals surface area contributed by atoms with Crippen molar-refractivity contribution in [3.8, 4) is 0 Å². The van der Waals surface area contributed by atoms with Crippen molar-refractivity contribution in [2.75, 3.05) is 10.2 Å². The van der Waals surface area contributed by atoms with Gasteiger partial charge in [-0.2, -0.15) is 0 Å². The average Bonchev–Trinajstić information content (AvgIpc) is 3.37. The second kappa shape index (κ2) is 9.94. The number of thiazole rings is 1. The summed E-state index contributed by atoms with van der Waals surface area (Å²) < 4.78 is 15.0. The van der Waals surface area contributed by atoms with Crippen LogP contribution in [0, 0.1) is 18.7 Å². The molecule has 3 atom stereocenters. The quantitative estimate of drug-likeness (QED) is 0.355. The lowest BCUT2D eigenvalue weighted by Crippen LogP contribution is -2.33. The lowest BCUT2D eigenvalue weighted by Gasteiger charge is -2.30. The number of thioether (sulfide) groups is 1. The number of hydrogen-bond donors (Lipinski definition) is 1. The third-order valence-corrected chi connectivity index (χ3v) is 9.53. The van der Waals surface area contributed by atoms with Crippen LogP contribution in [0.4, 0.5) is 15.8 Å². The number of rotatable bonds is 5. The number of nitrogens with zero attached hydrogens (tertiary/aromatic N) is 2. The summed E-state index contributed by atoms with van der Waals surface area (Å²) in [5.74, 6) is -2.97. The molecule has 0 unspecified atom stereocenters. The molecular formula is C29H22FN3O4S2. The van der Waals surface area contributed by atoms with Gasteiger partial charge in [-0.25, -0.2) is 9.29 Å². The van der Waals surface area contributed by atoms with Crippen LogP contribution in [-0.4, -0.2) is 27.5 Å². The van der Waals surface area contributed by atoms with E-state index in [0.717, 1.165) is 39.1 Å². The lowest BCUT2D eigenvalue weighted by molar-refractivity contribution is -0.122. The summed E-state index contributed by atoms with van der Waals surface area (Å²) in [5, 5.41) is 2.53. The highest BCUT2D eigenvalue weighted by atomic mass is 32.2. The first-order valence-electron chi connectivity index (χ1n) is 12.3. The van der Waals surface area contributed by atoms with Gasteiger partial charge < -0.3 is 5.32 Å². The van der Waals surface area contributed by atoms with Crippen molar-refractivity contribution in [1.82, 2.24) is 4.57 Å². The maximum Gasteiger partial charge on any atom is 0.308 e. The van der Waals surface area contributed by atoms with Gasteiger partial charge in [-0.15, -0.1) is 0 Å². The molecule has 6 rings (SSSR count). The fourth-order valence-corrected chi connectivity index (χ4v) is 7.87. The first-order valence-corrected chi connectivity index (χ1v) is 14.0. The van der Waals surface area contributed by atoms with E-state index in [2.05, 4.69) is 5.32 Å². The topological polar surface area (TPSA) is 88.5 Å². The molecule has 39 heavy (non-hydrogen) atoms. The molecular weight excluding hydrogens is 537 g/mol. The molecule has 0 radical (unpaired) electrons. The number of aryl methyl sites for hydroxylation is 1. The number of carbonyl (C=O) groups excluding carboxylic acids is 3. The van der Waals surface area contributed by atoms with Crippen LogP contribution in [0.15, 0.2) is 88.7 Å². The Labute approximate surface area is 231 Å². The Balaban J connectivity index is 1.39. The van der Waals surface area contributed by atoms with Gasteiger partial charge in [0.25, 0.3) is 0 Å². The number of amides is 3. The van der Waals surface area contributed by atoms with Crippen molar-refractivity contribution in [2.24, 2.45) is 5.92 Å². The minimum absolute atomic E-state index is 0.228. The van der Waals surface area contributed by atoms with E-state index in [9.17, 15) is 23.6 Å². The molecule has 1 aromatic heterocycles. The van der Waals surface area contributed by atoms with Crippen LogP contribution in [0.25, 0.3) is 0 Å². The Morgan fingerprint density at radius 3 is 2.31 bits per heavy atom. The predicted octanol–water partition coefficient (Wildman–Crippen LogP) is 4.79. The molecule has 7 nitrogen and oxygen atoms in total. The number of hydrogen-bond acceptors (Lipinski definition) is 6. The standard InChI is InChI=1S/C29H22FN3O4S2/c1-16-7-11-19(12-8-16)31-21(34)15-32-28-25(39-29(32)37)22(17-5-3-2-4-6-17)23-24(38-28)27(36)33(26(23)35)20-13-9-18(30)10-14-20/h2-14,22-24H,15H2,1H3,(H,31,34)/t22-,23-,24+/m0/s1. The number of imide groups is 1. The summed E-state index contributed by atoms with van der Waals surface area (Å²) in [4.78, 5) is 55.0. The van der Waals surface area contributed by atoms with Crippen LogP contribution < -0.4 is 15.1 Å². The molecule has 3 amide bonds. The summed E-state index contributed by atoms with van der Waals surface area (Å²) in [5.41, 5.74) is 2.77. The van der Waals surface area contributed by atoms with Gasteiger partial charge in [-0.05, 0) is 48.9 Å². The van der Waals surface area contributed by atoms with Crippen molar-refractivity contribution in [3.05, 3.63) is 110 Å². The number of carbonyl (C=O) groups is 3. The first-order chi connectivity index (χ1) is 18.8. The van der Waals surface area contributed by atoms with Crippen molar-refractivity contribution in [3.63, 3.8) is 0 Å². The van der Waals surface area contributed by atoms with Crippen LogP contribution in [0.1, 0.15) is 21.9 Å². The molecule has 3 heterocycles. The van der Waals surface area contributed by atoms with Crippen LogP contribution in [0.2, 0.25) is 0 Å². The first kappa shape index (κ1) is 25.3. The van der Waals surface area contributed by atoms with E-state index in [1.807, 2.05) is 49.4 Å². The van der Waals surface area contributed by atoms with Gasteiger partial charge in [0.1, 0.15) is 17.6 Å². The van der Waals surface area contributed by atoms with Crippen LogP contribution in [-0.2, 0) is 20.9 Å². The normalized spacial score (nSPS) is 20.1. The van der Waals surface area contributed by atoms with Crippen LogP contribution in [0.5, 0.6) is 0 Å². The maximum atomic E-state index is 13.8. The molecule has 2 aliphatic rings. The predicted molar refractivity (Wildman–Crippen MR) is 149 cm³/mol. The summed E-state index contributed by atoms with van der Waals surface area (Å²) in [6.45, 7) is 1.72. The molecule has 1 fully saturated rings. The summed E-state index contributed by atoms with van der Waals surface area (Å²) in [7, 11) is 0. The zero-order valence-electron chi connectivity index (χ0n) is 20.7. The van der Waals surface area contributed by atoms with E-state index >= 15 is 0 Å². The number of aromatic nitrogens is 1. The zero-order valence-corrected chi connectivity index (χ0v) is 22.3. The van der Waals surface area contributed by atoms with Gasteiger partial charge in [-0.3, -0.25) is 23.7 Å². The van der Waals surface area contributed by atoms with E-state index in [1.165, 1.54) is 28.8 Å². The third-order valence-electron chi connectivity index (χ3n) is 6.93. The summed E-state index contributed by atoms with van der Waals surface area (Å²) >= 11 is 2.14. The zero-order chi connectivity index (χ0) is 27.3. The molecule has 2 aliphatic heterocycles. The molecule has 10 heteroatoms. The molecule has 0 spiro atoms. The molecule has 1 saturated heterocycles. The van der Waals surface area contributed by atoms with E-state index in [4.69, 9.17) is 0 Å². The van der Waals surface area contributed by atoms with E-state index in [1.54, 1.807) is 12.1 Å². The van der Waals surface area contributed by atoms with Gasteiger partial charge in [-0.1, -0.05) is 71.1 Å². The number of halogens is 1. The minimum atomic E-state index is -0.805. The highest BCUT2D eigenvalue weighted by molar-refractivity contribution is 8.00. The molecule has 196 valence electrons. The molecule has 0 bridgehead atoms. The van der Waals surface area contributed by atoms with Crippen molar-refractivity contribution in [1.29, 1.82) is 0 Å². The average molecular weight is 560 g/mol. The van der Waals surface area contributed by atoms with E-state index in [-0.39, 0.29) is 17.3 Å². The summed E-state index contributed by atoms with van der Waals surface area (Å²) in [6.07, 6.45) is 0. The smallest absolute Gasteiger partial charge is 0.308 e. The fourth-order valence-electron chi connectivity index (χ4n) is 5.10. The minimum Gasteiger partial charge on any atom is -0.325 e. The number of benzene rings is 3. The number of nitrogens with one attached hydrogen (secondary N) is 1. The van der Waals surface area contributed by atoms with Gasteiger partial charge >= 0.3 is 4.87 Å². The Hall–Kier alpha value is -4.02. The molecule has 4 aromatic rings. The molecule has 1 N–H and O–H groups in total. The number of fused-ring (bicyclic) bond motifs is 2. The van der Waals surface area contributed by atoms with Gasteiger partial charge in [0.15, 0.2) is 0 Å². The largest absolute Gasteiger partial charge is 0.325 e. The Morgan fingerprint density at radius 2 is 1.62 bits per heavy atom. The SMILES string of the molecule is Cc1ccc(NC(=O)Cn2c3c(sc2=O)[C@@H](c2ccccc2)[C@@H]2C(=O)N(c4ccc(F)cc4)C(=O)[C@@H]2S3)cc1. The van der Waals surface area contributed by atoms with Crippen molar-refractivity contribution < 1.29 is 18.8 Å². The monoisotopic (exact) mass is 559 g/mol. The van der Waals surface area contributed by atoms with Crippen molar-refractivity contribution >= 4 is 52.2 Å². The Kier molecular flexibility index (Phi) is 6.44. The Morgan fingerprint density at radius 1 is 0.923 bits per heavy atom. The second-order valence-corrected chi connectivity index (χ2v) is 11.6. The molecule has 3 aromatic carbocycles. The second-order valence-electron chi connectivity index (χ2n) is 9.48. The van der Waals surface area contributed by atoms with E-state index < -0.39 is 34.7 Å².